The molecule has 0 atom stereocenters. The third kappa shape index (κ3) is 4.51. The maximum atomic E-state index is 11.9. The third-order valence-corrected chi connectivity index (χ3v) is 3.96. The van der Waals surface area contributed by atoms with Crippen molar-refractivity contribution in [2.45, 2.75) is 6.92 Å². The number of thiophene rings is 1. The molecule has 0 fully saturated rings. The van der Waals surface area contributed by atoms with Crippen LogP contribution in [-0.2, 0) is 4.79 Å². The number of carbonyl (C=O) groups is 1. The predicted octanol–water partition coefficient (Wildman–Crippen LogP) is 3.69. The van der Waals surface area contributed by atoms with Crippen molar-refractivity contribution >= 4 is 46.3 Å². The zero-order chi connectivity index (χ0) is 15.1. The molecule has 0 aliphatic heterocycles. The number of para-hydroxylation sites is 1. The van der Waals surface area contributed by atoms with E-state index in [-0.39, 0.29) is 5.91 Å². The number of rotatable bonds is 4. The fraction of sp³-hybridized carbons (Fsp3) is 0.125. The maximum absolute atomic E-state index is 11.9. The first-order chi connectivity index (χ1) is 10.2. The summed E-state index contributed by atoms with van der Waals surface area (Å²) in [4.78, 5) is 14.8. The van der Waals surface area contributed by atoms with Crippen molar-refractivity contribution in [3.8, 4) is 0 Å². The Hall–Kier alpha value is -1.98. The first kappa shape index (κ1) is 15.4. The Morgan fingerprint density at radius 1 is 1.29 bits per heavy atom. The van der Waals surface area contributed by atoms with Gasteiger partial charge in [0.25, 0.3) is 0 Å². The topological polar surface area (TPSA) is 32.3 Å². The first-order valence-electron chi connectivity index (χ1n) is 6.60. The molecule has 1 heterocycles. The number of nitrogens with zero attached hydrogens (tertiary/aromatic N) is 1. The molecule has 0 saturated carbocycles. The number of anilines is 1. The molecule has 3 nitrogen and oxygen atoms in total. The molecule has 1 aromatic carbocycles. The summed E-state index contributed by atoms with van der Waals surface area (Å²) < 4.78 is 0. The van der Waals surface area contributed by atoms with Gasteiger partial charge >= 0.3 is 0 Å². The fourth-order valence-corrected chi connectivity index (χ4v) is 2.76. The highest BCUT2D eigenvalue weighted by Crippen LogP contribution is 2.13. The Morgan fingerprint density at radius 2 is 2.05 bits per heavy atom. The molecule has 0 saturated heterocycles. The molecule has 1 aromatic heterocycles. The van der Waals surface area contributed by atoms with Crippen LogP contribution < -0.4 is 10.2 Å². The van der Waals surface area contributed by atoms with Gasteiger partial charge in [-0.05, 0) is 48.8 Å². The van der Waals surface area contributed by atoms with Crippen LogP contribution in [0.4, 0.5) is 5.69 Å². The van der Waals surface area contributed by atoms with Gasteiger partial charge in [0.1, 0.15) is 0 Å². The summed E-state index contributed by atoms with van der Waals surface area (Å²) in [7, 11) is 0. The van der Waals surface area contributed by atoms with Gasteiger partial charge in [-0.1, -0.05) is 24.3 Å². The number of benzene rings is 1. The predicted molar refractivity (Wildman–Crippen MR) is 93.6 cm³/mol. The second-order valence-electron chi connectivity index (χ2n) is 4.22. The number of thiocarbonyl (C=S) groups is 1. The van der Waals surface area contributed by atoms with Crippen molar-refractivity contribution in [3.63, 3.8) is 0 Å². The minimum Gasteiger partial charge on any atom is -0.319 e. The number of amides is 1. The second kappa shape index (κ2) is 7.71. The summed E-state index contributed by atoms with van der Waals surface area (Å²) in [6, 6.07) is 13.7. The summed E-state index contributed by atoms with van der Waals surface area (Å²) >= 11 is 6.89. The molecule has 2 rings (SSSR count). The molecule has 0 unspecified atom stereocenters. The van der Waals surface area contributed by atoms with Gasteiger partial charge in [-0.2, -0.15) is 0 Å². The van der Waals surface area contributed by atoms with Crippen LogP contribution in [0.5, 0.6) is 0 Å². The van der Waals surface area contributed by atoms with Gasteiger partial charge < -0.3 is 4.90 Å². The van der Waals surface area contributed by atoms with E-state index in [4.69, 9.17) is 12.2 Å². The SMILES string of the molecule is CCN(C(=S)NC(=O)/C=C/c1cccs1)c1ccccc1. The number of hydrogen-bond donors (Lipinski definition) is 1. The maximum Gasteiger partial charge on any atom is 0.250 e. The van der Waals surface area contributed by atoms with Crippen LogP contribution in [-0.4, -0.2) is 17.6 Å². The molecule has 0 aliphatic carbocycles. The van der Waals surface area contributed by atoms with E-state index >= 15 is 0 Å². The molecular formula is C16H16N2OS2. The lowest BCUT2D eigenvalue weighted by atomic mass is 10.3. The molecule has 2 aromatic rings. The lowest BCUT2D eigenvalue weighted by Gasteiger charge is -2.23. The average Bonchev–Trinajstić information content (AvgIpc) is 3.00. The van der Waals surface area contributed by atoms with Crippen molar-refractivity contribution in [3.05, 3.63) is 58.8 Å². The van der Waals surface area contributed by atoms with Crippen LogP contribution in [0.25, 0.3) is 6.08 Å². The molecule has 0 aliphatic rings. The molecule has 1 amide bonds. The van der Waals surface area contributed by atoms with Gasteiger partial charge in [0.2, 0.25) is 5.91 Å². The number of hydrogen-bond acceptors (Lipinski definition) is 3. The van der Waals surface area contributed by atoms with E-state index < -0.39 is 0 Å². The molecule has 0 radical (unpaired) electrons. The highest BCUT2D eigenvalue weighted by Gasteiger charge is 2.11. The molecule has 108 valence electrons. The molecule has 1 N–H and O–H groups in total. The summed E-state index contributed by atoms with van der Waals surface area (Å²) in [6.45, 7) is 2.69. The van der Waals surface area contributed by atoms with Gasteiger partial charge in [0.05, 0.1) is 0 Å². The Balaban J connectivity index is 1.98. The largest absolute Gasteiger partial charge is 0.319 e. The summed E-state index contributed by atoms with van der Waals surface area (Å²) in [6.07, 6.45) is 3.28. The van der Waals surface area contributed by atoms with E-state index in [1.54, 1.807) is 17.4 Å². The summed E-state index contributed by atoms with van der Waals surface area (Å²) in [5, 5.41) is 5.10. The second-order valence-corrected chi connectivity index (χ2v) is 5.59. The summed E-state index contributed by atoms with van der Waals surface area (Å²) in [5.74, 6) is -0.220. The van der Waals surface area contributed by atoms with E-state index in [9.17, 15) is 4.79 Å². The Kier molecular flexibility index (Phi) is 5.66. The average molecular weight is 316 g/mol. The van der Waals surface area contributed by atoms with Gasteiger partial charge in [-0.25, -0.2) is 0 Å². The Labute approximate surface area is 133 Å². The molecule has 0 spiro atoms. The normalized spacial score (nSPS) is 10.5. The lowest BCUT2D eigenvalue weighted by molar-refractivity contribution is -0.115. The minimum absolute atomic E-state index is 0.220. The van der Waals surface area contributed by atoms with E-state index in [1.807, 2.05) is 59.7 Å². The highest BCUT2D eigenvalue weighted by atomic mass is 32.1. The summed E-state index contributed by atoms with van der Waals surface area (Å²) in [5.41, 5.74) is 0.965. The minimum atomic E-state index is -0.220. The van der Waals surface area contributed by atoms with Crippen molar-refractivity contribution in [2.75, 3.05) is 11.4 Å². The molecule has 21 heavy (non-hydrogen) atoms. The highest BCUT2D eigenvalue weighted by molar-refractivity contribution is 7.80. The molecular weight excluding hydrogens is 300 g/mol. The first-order valence-corrected chi connectivity index (χ1v) is 7.88. The van der Waals surface area contributed by atoms with Crippen LogP contribution in [0, 0.1) is 0 Å². The smallest absolute Gasteiger partial charge is 0.250 e. The van der Waals surface area contributed by atoms with E-state index in [0.29, 0.717) is 11.7 Å². The van der Waals surface area contributed by atoms with Crippen LogP contribution >= 0.6 is 23.6 Å². The van der Waals surface area contributed by atoms with Gasteiger partial charge in [0, 0.05) is 23.2 Å². The van der Waals surface area contributed by atoms with Crippen molar-refractivity contribution < 1.29 is 4.79 Å². The van der Waals surface area contributed by atoms with E-state index in [0.717, 1.165) is 10.6 Å². The molecule has 5 heteroatoms. The fourth-order valence-electron chi connectivity index (χ4n) is 1.81. The lowest BCUT2D eigenvalue weighted by Crippen LogP contribution is -2.42. The van der Waals surface area contributed by atoms with Crippen LogP contribution in [0.2, 0.25) is 0 Å². The van der Waals surface area contributed by atoms with Crippen molar-refractivity contribution in [1.29, 1.82) is 0 Å². The Bertz CT molecular complexity index is 621. The third-order valence-electron chi connectivity index (χ3n) is 2.80. The number of carbonyl (C=O) groups excluding carboxylic acids is 1. The zero-order valence-electron chi connectivity index (χ0n) is 11.7. The van der Waals surface area contributed by atoms with Crippen molar-refractivity contribution in [1.82, 2.24) is 5.32 Å². The number of nitrogens with one attached hydrogen (secondary N) is 1. The zero-order valence-corrected chi connectivity index (χ0v) is 13.3. The van der Waals surface area contributed by atoms with E-state index in [1.165, 1.54) is 6.08 Å². The van der Waals surface area contributed by atoms with Crippen LogP contribution in [0.1, 0.15) is 11.8 Å². The van der Waals surface area contributed by atoms with Crippen LogP contribution in [0.3, 0.4) is 0 Å². The standard InChI is InChI=1S/C16H16N2OS2/c1-2-18(13-7-4-3-5-8-13)16(20)17-15(19)11-10-14-9-6-12-21-14/h3-12H,2H2,1H3,(H,17,19,20)/b11-10+. The van der Waals surface area contributed by atoms with Gasteiger partial charge in [-0.15, -0.1) is 11.3 Å². The van der Waals surface area contributed by atoms with Gasteiger partial charge in [-0.3, -0.25) is 10.1 Å². The van der Waals surface area contributed by atoms with E-state index in [2.05, 4.69) is 5.32 Å². The van der Waals surface area contributed by atoms with Crippen LogP contribution in [0.15, 0.2) is 53.9 Å². The molecule has 0 bridgehead atoms. The van der Waals surface area contributed by atoms with Crippen molar-refractivity contribution in [2.24, 2.45) is 0 Å². The quantitative estimate of drug-likeness (QED) is 0.690. The monoisotopic (exact) mass is 316 g/mol. The Morgan fingerprint density at radius 3 is 2.67 bits per heavy atom. The van der Waals surface area contributed by atoms with Gasteiger partial charge in [0.15, 0.2) is 5.11 Å².